The van der Waals surface area contributed by atoms with Gasteiger partial charge in [0.05, 0.1) is 6.61 Å². The van der Waals surface area contributed by atoms with Gasteiger partial charge in [-0.25, -0.2) is 0 Å². The molecule has 2 rings (SSSR count). The highest BCUT2D eigenvalue weighted by Crippen LogP contribution is 2.26. The highest BCUT2D eigenvalue weighted by molar-refractivity contribution is 9.10. The molecule has 0 aliphatic heterocycles. The van der Waals surface area contributed by atoms with Crippen molar-refractivity contribution in [3.63, 3.8) is 0 Å². The van der Waals surface area contributed by atoms with Crippen molar-refractivity contribution in [2.75, 3.05) is 6.61 Å². The topological polar surface area (TPSA) is 35.5 Å². The number of hydrogen-bond donors (Lipinski definition) is 0. The van der Waals surface area contributed by atoms with Crippen molar-refractivity contribution in [2.24, 2.45) is 5.92 Å². The first-order valence-electron chi connectivity index (χ1n) is 9.74. The standard InChI is InChI=1S/C23H29BrO3/c1-4-6-7-16-26-20-12-8-18(9-13-20)19-10-14-21(15-11-19)27-23(25)22(24)17(3)5-2/h8-15,17,22H,4-7,16H2,1-3H3. The Hall–Kier alpha value is -1.81. The molecule has 4 heteroatoms. The Balaban J connectivity index is 1.93. The number of benzene rings is 2. The minimum atomic E-state index is -0.285. The quantitative estimate of drug-likeness (QED) is 0.182. The highest BCUT2D eigenvalue weighted by Gasteiger charge is 2.22. The Labute approximate surface area is 171 Å². The van der Waals surface area contributed by atoms with Crippen LogP contribution in [-0.4, -0.2) is 17.4 Å². The summed E-state index contributed by atoms with van der Waals surface area (Å²) in [5, 5.41) is 0. The summed E-state index contributed by atoms with van der Waals surface area (Å²) in [5.74, 6) is 1.45. The molecule has 0 N–H and O–H groups in total. The maximum Gasteiger partial charge on any atom is 0.325 e. The summed E-state index contributed by atoms with van der Waals surface area (Å²) in [7, 11) is 0. The van der Waals surface area contributed by atoms with Crippen molar-refractivity contribution >= 4 is 21.9 Å². The van der Waals surface area contributed by atoms with Crippen LogP contribution in [0.5, 0.6) is 11.5 Å². The van der Waals surface area contributed by atoms with Gasteiger partial charge in [-0.15, -0.1) is 0 Å². The molecule has 27 heavy (non-hydrogen) atoms. The lowest BCUT2D eigenvalue weighted by Gasteiger charge is -2.15. The third-order valence-electron chi connectivity index (χ3n) is 4.65. The van der Waals surface area contributed by atoms with Crippen molar-refractivity contribution in [1.29, 1.82) is 0 Å². The smallest absolute Gasteiger partial charge is 0.325 e. The monoisotopic (exact) mass is 432 g/mol. The minimum Gasteiger partial charge on any atom is -0.494 e. The molecule has 0 saturated carbocycles. The van der Waals surface area contributed by atoms with Crippen molar-refractivity contribution in [2.45, 2.75) is 51.3 Å². The number of unbranched alkanes of at least 4 members (excludes halogenated alkanes) is 2. The van der Waals surface area contributed by atoms with E-state index < -0.39 is 0 Å². The molecule has 0 aliphatic rings. The summed E-state index contributed by atoms with van der Waals surface area (Å²) >= 11 is 3.42. The van der Waals surface area contributed by atoms with Gasteiger partial charge in [-0.1, -0.05) is 80.2 Å². The third kappa shape index (κ3) is 6.69. The van der Waals surface area contributed by atoms with E-state index in [-0.39, 0.29) is 16.7 Å². The van der Waals surface area contributed by atoms with E-state index >= 15 is 0 Å². The molecule has 2 aromatic carbocycles. The van der Waals surface area contributed by atoms with Crippen LogP contribution >= 0.6 is 15.9 Å². The van der Waals surface area contributed by atoms with Crippen molar-refractivity contribution in [3.8, 4) is 22.6 Å². The molecule has 2 atom stereocenters. The van der Waals surface area contributed by atoms with Crippen LogP contribution in [0.15, 0.2) is 48.5 Å². The first-order valence-corrected chi connectivity index (χ1v) is 10.7. The average molecular weight is 433 g/mol. The second-order valence-corrected chi connectivity index (χ2v) is 7.80. The largest absolute Gasteiger partial charge is 0.494 e. The minimum absolute atomic E-state index is 0.236. The number of esters is 1. The molecule has 0 bridgehead atoms. The summed E-state index contributed by atoms with van der Waals surface area (Å²) in [6.07, 6.45) is 4.40. The van der Waals surface area contributed by atoms with Gasteiger partial charge in [0, 0.05) is 0 Å². The van der Waals surface area contributed by atoms with Crippen LogP contribution in [0.25, 0.3) is 11.1 Å². The van der Waals surface area contributed by atoms with Crippen LogP contribution in [0.4, 0.5) is 0 Å². The molecule has 0 spiro atoms. The van der Waals surface area contributed by atoms with Crippen molar-refractivity contribution in [3.05, 3.63) is 48.5 Å². The zero-order chi connectivity index (χ0) is 19.6. The lowest BCUT2D eigenvalue weighted by atomic mass is 10.1. The van der Waals surface area contributed by atoms with Crippen LogP contribution in [-0.2, 0) is 4.79 Å². The fourth-order valence-corrected chi connectivity index (χ4v) is 3.08. The molecule has 2 aromatic rings. The number of carbonyl (C=O) groups is 1. The summed E-state index contributed by atoms with van der Waals surface area (Å²) in [5.41, 5.74) is 2.18. The number of hydrogen-bond acceptors (Lipinski definition) is 3. The molecule has 0 aromatic heterocycles. The Bertz CT molecular complexity index is 695. The number of ether oxygens (including phenoxy) is 2. The van der Waals surface area contributed by atoms with E-state index in [4.69, 9.17) is 9.47 Å². The zero-order valence-corrected chi connectivity index (χ0v) is 18.0. The van der Waals surface area contributed by atoms with Gasteiger partial charge in [0.15, 0.2) is 0 Å². The van der Waals surface area contributed by atoms with Gasteiger partial charge in [0.1, 0.15) is 16.3 Å². The molecule has 0 amide bonds. The molecular formula is C23H29BrO3. The summed E-state index contributed by atoms with van der Waals surface area (Å²) in [4.78, 5) is 11.9. The van der Waals surface area contributed by atoms with E-state index in [9.17, 15) is 4.79 Å². The number of carbonyl (C=O) groups excluding carboxylic acids is 1. The maximum atomic E-state index is 12.1. The summed E-state index contributed by atoms with van der Waals surface area (Å²) in [6.45, 7) is 7.03. The van der Waals surface area contributed by atoms with E-state index in [1.54, 1.807) is 0 Å². The third-order valence-corrected chi connectivity index (χ3v) is 5.92. The molecule has 0 fully saturated rings. The zero-order valence-electron chi connectivity index (χ0n) is 16.4. The van der Waals surface area contributed by atoms with Gasteiger partial charge in [-0.2, -0.15) is 0 Å². The van der Waals surface area contributed by atoms with Crippen LogP contribution in [0, 0.1) is 5.92 Å². The number of alkyl halides is 1. The van der Waals surface area contributed by atoms with Crippen LogP contribution < -0.4 is 9.47 Å². The molecule has 3 nitrogen and oxygen atoms in total. The summed E-state index contributed by atoms with van der Waals surface area (Å²) in [6, 6.07) is 15.7. The van der Waals surface area contributed by atoms with Crippen LogP contribution in [0.2, 0.25) is 0 Å². The molecule has 2 unspecified atom stereocenters. The van der Waals surface area contributed by atoms with Crippen LogP contribution in [0.1, 0.15) is 46.5 Å². The van der Waals surface area contributed by atoms with Crippen molar-refractivity contribution < 1.29 is 14.3 Å². The van der Waals surface area contributed by atoms with Gasteiger partial charge >= 0.3 is 5.97 Å². The van der Waals surface area contributed by atoms with E-state index in [2.05, 4.69) is 29.8 Å². The molecule has 146 valence electrons. The fourth-order valence-electron chi connectivity index (χ4n) is 2.61. The Morgan fingerprint density at radius 2 is 1.48 bits per heavy atom. The van der Waals surface area contributed by atoms with Gasteiger partial charge in [-0.3, -0.25) is 4.79 Å². The number of halogens is 1. The van der Waals surface area contributed by atoms with Gasteiger partial charge in [-0.05, 0) is 47.7 Å². The maximum absolute atomic E-state index is 12.1. The normalized spacial score (nSPS) is 13.0. The Kier molecular flexibility index (Phi) is 8.86. The Morgan fingerprint density at radius 1 is 0.926 bits per heavy atom. The predicted octanol–water partition coefficient (Wildman–Crippen LogP) is 6.64. The van der Waals surface area contributed by atoms with Gasteiger partial charge in [0.2, 0.25) is 0 Å². The first-order chi connectivity index (χ1) is 13.0. The fraction of sp³-hybridized carbons (Fsp3) is 0.435. The second kappa shape index (κ2) is 11.1. The summed E-state index contributed by atoms with van der Waals surface area (Å²) < 4.78 is 11.2. The van der Waals surface area contributed by atoms with Gasteiger partial charge in [0.25, 0.3) is 0 Å². The molecule has 0 aliphatic carbocycles. The highest BCUT2D eigenvalue weighted by atomic mass is 79.9. The lowest BCUT2D eigenvalue weighted by molar-refractivity contribution is -0.134. The lowest BCUT2D eigenvalue weighted by Crippen LogP contribution is -2.26. The molecule has 0 saturated heterocycles. The van der Waals surface area contributed by atoms with E-state index in [1.165, 1.54) is 12.8 Å². The van der Waals surface area contributed by atoms with Gasteiger partial charge < -0.3 is 9.47 Å². The SMILES string of the molecule is CCCCCOc1ccc(-c2ccc(OC(=O)C(Br)C(C)CC)cc2)cc1. The van der Waals surface area contributed by atoms with E-state index in [0.717, 1.165) is 36.3 Å². The molecular weight excluding hydrogens is 404 g/mol. The number of rotatable bonds is 10. The second-order valence-electron chi connectivity index (χ2n) is 6.81. The van der Waals surface area contributed by atoms with E-state index in [1.807, 2.05) is 55.5 Å². The molecule has 0 heterocycles. The molecule has 0 radical (unpaired) electrons. The van der Waals surface area contributed by atoms with Crippen LogP contribution in [0.3, 0.4) is 0 Å². The Morgan fingerprint density at radius 3 is 2.00 bits per heavy atom. The van der Waals surface area contributed by atoms with E-state index in [0.29, 0.717) is 5.75 Å². The predicted molar refractivity (Wildman–Crippen MR) is 115 cm³/mol. The average Bonchev–Trinajstić information content (AvgIpc) is 2.71. The van der Waals surface area contributed by atoms with Crippen molar-refractivity contribution in [1.82, 2.24) is 0 Å². The first kappa shape index (κ1) is 21.5.